The summed E-state index contributed by atoms with van der Waals surface area (Å²) in [5, 5.41) is 9.13. The van der Waals surface area contributed by atoms with Crippen LogP contribution < -0.4 is 0 Å². The Morgan fingerprint density at radius 1 is 1.75 bits per heavy atom. The molecule has 0 aromatic heterocycles. The molecule has 0 spiro atoms. The molecule has 2 atom stereocenters. The summed E-state index contributed by atoms with van der Waals surface area (Å²) in [4.78, 5) is 0. The van der Waals surface area contributed by atoms with Crippen molar-refractivity contribution in [2.75, 3.05) is 0 Å². The topological polar surface area (TPSA) is 20.2 Å². The number of aliphatic hydroxyl groups is 1. The smallest absolute Gasteiger partial charge is 0.0637 e. The fraction of sp³-hybridized carbons (Fsp3) is 0.714. The van der Waals surface area contributed by atoms with Crippen LogP contribution in [-0.4, -0.2) is 11.2 Å². The lowest BCUT2D eigenvalue weighted by Crippen LogP contribution is -2.11. The molecule has 1 heteroatoms. The van der Waals surface area contributed by atoms with E-state index < -0.39 is 0 Å². The van der Waals surface area contributed by atoms with Crippen LogP contribution in [0.3, 0.4) is 0 Å². The van der Waals surface area contributed by atoms with Crippen LogP contribution in [0.4, 0.5) is 0 Å². The van der Waals surface area contributed by atoms with E-state index in [0.717, 1.165) is 12.8 Å². The Kier molecular flexibility index (Phi) is 1.69. The maximum atomic E-state index is 9.13. The van der Waals surface area contributed by atoms with Crippen molar-refractivity contribution in [2.24, 2.45) is 5.92 Å². The van der Waals surface area contributed by atoms with E-state index in [4.69, 9.17) is 5.11 Å². The summed E-state index contributed by atoms with van der Waals surface area (Å²) in [6.07, 6.45) is 6.00. The first-order valence-corrected chi connectivity index (χ1v) is 3.19. The Morgan fingerprint density at radius 3 is 2.75 bits per heavy atom. The van der Waals surface area contributed by atoms with Crippen LogP contribution in [0.15, 0.2) is 12.2 Å². The summed E-state index contributed by atoms with van der Waals surface area (Å²) in [7, 11) is 0. The molecule has 0 saturated heterocycles. The van der Waals surface area contributed by atoms with Crippen LogP contribution in [0.25, 0.3) is 0 Å². The van der Waals surface area contributed by atoms with Crippen LogP contribution in [0.1, 0.15) is 19.8 Å². The van der Waals surface area contributed by atoms with Gasteiger partial charge in [0.25, 0.3) is 0 Å². The minimum Gasteiger partial charge on any atom is -0.392 e. The first-order valence-electron chi connectivity index (χ1n) is 3.19. The van der Waals surface area contributed by atoms with Gasteiger partial charge >= 0.3 is 0 Å². The van der Waals surface area contributed by atoms with Gasteiger partial charge in [0, 0.05) is 5.92 Å². The molecule has 0 unspecified atom stereocenters. The van der Waals surface area contributed by atoms with Crippen molar-refractivity contribution < 1.29 is 5.11 Å². The monoisotopic (exact) mass is 112 g/mol. The van der Waals surface area contributed by atoms with Crippen LogP contribution in [0.5, 0.6) is 0 Å². The third kappa shape index (κ3) is 0.920. The molecule has 0 aromatic carbocycles. The van der Waals surface area contributed by atoms with Crippen molar-refractivity contribution in [3.05, 3.63) is 12.2 Å². The molecule has 0 fully saturated rings. The Morgan fingerprint density at radius 2 is 2.50 bits per heavy atom. The summed E-state index contributed by atoms with van der Waals surface area (Å²) < 4.78 is 0. The van der Waals surface area contributed by atoms with E-state index >= 15 is 0 Å². The lowest BCUT2D eigenvalue weighted by Gasteiger charge is -2.08. The summed E-state index contributed by atoms with van der Waals surface area (Å²) in [5.41, 5.74) is 0. The van der Waals surface area contributed by atoms with Gasteiger partial charge in [-0.25, -0.2) is 0 Å². The summed E-state index contributed by atoms with van der Waals surface area (Å²) >= 11 is 0. The Hall–Kier alpha value is -0.300. The van der Waals surface area contributed by atoms with E-state index in [0.29, 0.717) is 5.92 Å². The molecule has 1 aliphatic carbocycles. The zero-order valence-electron chi connectivity index (χ0n) is 5.17. The normalized spacial score (nSPS) is 36.2. The fourth-order valence-corrected chi connectivity index (χ4v) is 1.10. The van der Waals surface area contributed by atoms with Gasteiger partial charge in [0.05, 0.1) is 6.10 Å². The third-order valence-electron chi connectivity index (χ3n) is 1.73. The zero-order valence-corrected chi connectivity index (χ0v) is 5.17. The van der Waals surface area contributed by atoms with Gasteiger partial charge in [-0.15, -0.1) is 0 Å². The van der Waals surface area contributed by atoms with Crippen molar-refractivity contribution in [3.8, 4) is 0 Å². The van der Waals surface area contributed by atoms with E-state index in [1.54, 1.807) is 0 Å². The van der Waals surface area contributed by atoms with Crippen molar-refractivity contribution in [3.63, 3.8) is 0 Å². The summed E-state index contributed by atoms with van der Waals surface area (Å²) in [6, 6.07) is 0. The molecular weight excluding hydrogens is 100 g/mol. The molecule has 1 N–H and O–H groups in total. The number of hydrogen-bond donors (Lipinski definition) is 1. The molecule has 46 valence electrons. The van der Waals surface area contributed by atoms with Crippen LogP contribution in [0.2, 0.25) is 0 Å². The first kappa shape index (κ1) is 5.83. The largest absolute Gasteiger partial charge is 0.392 e. The highest BCUT2D eigenvalue weighted by Crippen LogP contribution is 2.20. The molecule has 0 bridgehead atoms. The first-order chi connectivity index (χ1) is 3.84. The summed E-state index contributed by atoms with van der Waals surface area (Å²) in [5.74, 6) is 0.440. The predicted octanol–water partition coefficient (Wildman–Crippen LogP) is 1.33. The quantitative estimate of drug-likeness (QED) is 0.507. The van der Waals surface area contributed by atoms with E-state index in [9.17, 15) is 0 Å². The van der Waals surface area contributed by atoms with Gasteiger partial charge in [-0.2, -0.15) is 0 Å². The number of rotatable bonds is 1. The molecule has 0 saturated carbocycles. The van der Waals surface area contributed by atoms with Gasteiger partial charge < -0.3 is 5.11 Å². The van der Waals surface area contributed by atoms with Crippen LogP contribution in [0, 0.1) is 5.92 Å². The van der Waals surface area contributed by atoms with Gasteiger partial charge in [0.15, 0.2) is 0 Å². The molecule has 1 nitrogen and oxygen atoms in total. The zero-order chi connectivity index (χ0) is 5.98. The van der Waals surface area contributed by atoms with Gasteiger partial charge in [-0.3, -0.25) is 0 Å². The SMILES string of the molecule is CC[C@H]1C=CC[C@H]1O. The summed E-state index contributed by atoms with van der Waals surface area (Å²) in [6.45, 7) is 2.10. The predicted molar refractivity (Wildman–Crippen MR) is 33.5 cm³/mol. The van der Waals surface area contributed by atoms with Gasteiger partial charge in [-0.1, -0.05) is 19.1 Å². The van der Waals surface area contributed by atoms with Gasteiger partial charge in [0.1, 0.15) is 0 Å². The average Bonchev–Trinajstić information content (AvgIpc) is 2.14. The Bertz CT molecular complexity index is 96.6. The molecular formula is C7H12O. The maximum absolute atomic E-state index is 9.13. The molecule has 1 aliphatic rings. The second-order valence-electron chi connectivity index (χ2n) is 2.30. The average molecular weight is 112 g/mol. The maximum Gasteiger partial charge on any atom is 0.0637 e. The standard InChI is InChI=1S/C7H12O/c1-2-6-4-3-5-7(6)8/h3-4,6-8H,2,5H2,1H3/t6-,7+/m0/s1. The molecule has 0 heterocycles. The van der Waals surface area contributed by atoms with Crippen LogP contribution >= 0.6 is 0 Å². The van der Waals surface area contributed by atoms with Crippen molar-refractivity contribution >= 4 is 0 Å². The molecule has 0 aromatic rings. The van der Waals surface area contributed by atoms with Gasteiger partial charge in [-0.05, 0) is 12.8 Å². The second-order valence-corrected chi connectivity index (χ2v) is 2.30. The number of aliphatic hydroxyl groups excluding tert-OH is 1. The molecule has 0 radical (unpaired) electrons. The lowest BCUT2D eigenvalue weighted by atomic mass is 10.0. The highest BCUT2D eigenvalue weighted by molar-refractivity contribution is 5.00. The van der Waals surface area contributed by atoms with E-state index in [-0.39, 0.29) is 6.10 Å². The Labute approximate surface area is 50.0 Å². The van der Waals surface area contributed by atoms with Crippen molar-refractivity contribution in [2.45, 2.75) is 25.9 Å². The fourth-order valence-electron chi connectivity index (χ4n) is 1.10. The molecule has 1 rings (SSSR count). The highest BCUT2D eigenvalue weighted by atomic mass is 16.3. The van der Waals surface area contributed by atoms with E-state index in [1.165, 1.54) is 0 Å². The molecule has 0 amide bonds. The minimum atomic E-state index is -0.0833. The Balaban J connectivity index is 2.41. The minimum absolute atomic E-state index is 0.0833. The van der Waals surface area contributed by atoms with Crippen molar-refractivity contribution in [1.82, 2.24) is 0 Å². The van der Waals surface area contributed by atoms with E-state index in [1.807, 2.05) is 0 Å². The molecule has 0 aliphatic heterocycles. The second kappa shape index (κ2) is 2.31. The van der Waals surface area contributed by atoms with Crippen LogP contribution in [-0.2, 0) is 0 Å². The highest BCUT2D eigenvalue weighted by Gasteiger charge is 2.16. The van der Waals surface area contributed by atoms with E-state index in [2.05, 4.69) is 19.1 Å². The van der Waals surface area contributed by atoms with Crippen molar-refractivity contribution in [1.29, 1.82) is 0 Å². The third-order valence-corrected chi connectivity index (χ3v) is 1.73. The molecule has 8 heavy (non-hydrogen) atoms. The number of hydrogen-bond acceptors (Lipinski definition) is 1. The lowest BCUT2D eigenvalue weighted by molar-refractivity contribution is 0.141. The van der Waals surface area contributed by atoms with Gasteiger partial charge in [0.2, 0.25) is 0 Å².